The third-order valence-corrected chi connectivity index (χ3v) is 8.12. The number of hydrogen-bond donors (Lipinski definition) is 0. The summed E-state index contributed by atoms with van der Waals surface area (Å²) in [7, 11) is 0. The first-order valence-electron chi connectivity index (χ1n) is 12.0. The number of rotatable bonds is 5. The molecule has 5 aliphatic rings. The van der Waals surface area contributed by atoms with Crippen LogP contribution >= 0.6 is 0 Å². The molecule has 3 aromatic rings. The standard InChI is InChI=1S/C29H24N2O3/c32-28-26-22-12-13-23(25-14-24(22)25)27(26)29(33)31(28)30-15-17-8-10-20(11-9-17)34-16-19-6-3-5-18-4-1-2-7-21(18)19/h1-13,15,22-27H,14,16H2/b30-15-/t22-,23-,24-,25-,26+,27+/m0/s1. The topological polar surface area (TPSA) is 59.0 Å². The van der Waals surface area contributed by atoms with Crippen molar-refractivity contribution in [2.75, 3.05) is 0 Å². The van der Waals surface area contributed by atoms with Crippen LogP contribution in [0.4, 0.5) is 0 Å². The van der Waals surface area contributed by atoms with Gasteiger partial charge in [-0.3, -0.25) is 9.59 Å². The number of benzene rings is 3. The van der Waals surface area contributed by atoms with Gasteiger partial charge in [0.05, 0.1) is 18.1 Å². The van der Waals surface area contributed by atoms with E-state index in [9.17, 15) is 9.59 Å². The molecule has 34 heavy (non-hydrogen) atoms. The molecule has 0 spiro atoms. The summed E-state index contributed by atoms with van der Waals surface area (Å²) in [6.45, 7) is 0.479. The van der Waals surface area contributed by atoms with Gasteiger partial charge in [0.25, 0.3) is 11.8 Å². The molecule has 5 heteroatoms. The smallest absolute Gasteiger partial charge is 0.254 e. The van der Waals surface area contributed by atoms with Crippen LogP contribution in [0.15, 0.2) is 84.0 Å². The second-order valence-corrected chi connectivity index (χ2v) is 9.88. The number of hydrazone groups is 1. The molecule has 2 bridgehead atoms. The lowest BCUT2D eigenvalue weighted by Crippen LogP contribution is -2.40. The lowest BCUT2D eigenvalue weighted by Gasteiger charge is -2.37. The Balaban J connectivity index is 1.04. The Hall–Kier alpha value is -3.73. The van der Waals surface area contributed by atoms with Crippen molar-refractivity contribution >= 4 is 28.8 Å². The summed E-state index contributed by atoms with van der Waals surface area (Å²) in [4.78, 5) is 26.1. The number of amides is 2. The molecule has 3 fully saturated rings. The minimum atomic E-state index is -0.215. The molecule has 0 N–H and O–H groups in total. The van der Waals surface area contributed by atoms with Gasteiger partial charge in [0.15, 0.2) is 0 Å². The van der Waals surface area contributed by atoms with Crippen molar-refractivity contribution in [1.82, 2.24) is 5.01 Å². The third kappa shape index (κ3) is 2.96. The van der Waals surface area contributed by atoms with Crippen molar-refractivity contribution in [3.05, 3.63) is 90.0 Å². The van der Waals surface area contributed by atoms with Gasteiger partial charge in [-0.15, -0.1) is 0 Å². The molecule has 168 valence electrons. The van der Waals surface area contributed by atoms with Crippen LogP contribution in [-0.2, 0) is 16.2 Å². The Morgan fingerprint density at radius 2 is 1.53 bits per heavy atom. The lowest BCUT2D eigenvalue weighted by molar-refractivity contribution is -0.140. The van der Waals surface area contributed by atoms with E-state index < -0.39 is 0 Å². The normalized spacial score (nSPS) is 30.8. The molecule has 0 unspecified atom stereocenters. The number of hydrogen-bond acceptors (Lipinski definition) is 4. The van der Waals surface area contributed by atoms with Crippen molar-refractivity contribution < 1.29 is 14.3 Å². The average molecular weight is 449 g/mol. The van der Waals surface area contributed by atoms with Crippen molar-refractivity contribution in [3.63, 3.8) is 0 Å². The van der Waals surface area contributed by atoms with Gasteiger partial charge < -0.3 is 4.74 Å². The molecule has 1 saturated heterocycles. The molecular weight excluding hydrogens is 424 g/mol. The average Bonchev–Trinajstić information content (AvgIpc) is 3.66. The van der Waals surface area contributed by atoms with Crippen LogP contribution in [0.2, 0.25) is 0 Å². The number of ether oxygens (including phenoxy) is 1. The minimum Gasteiger partial charge on any atom is -0.489 e. The zero-order valence-electron chi connectivity index (χ0n) is 18.6. The number of carbonyl (C=O) groups is 2. The Labute approximate surface area is 197 Å². The molecule has 3 aromatic carbocycles. The van der Waals surface area contributed by atoms with E-state index in [0.717, 1.165) is 28.3 Å². The van der Waals surface area contributed by atoms with Crippen molar-refractivity contribution in [3.8, 4) is 5.75 Å². The first-order valence-corrected chi connectivity index (χ1v) is 12.0. The molecule has 1 aliphatic heterocycles. The number of fused-ring (bicyclic) bond motifs is 1. The van der Waals surface area contributed by atoms with Gasteiger partial charge >= 0.3 is 0 Å². The van der Waals surface area contributed by atoms with Gasteiger partial charge in [0, 0.05) is 0 Å². The van der Waals surface area contributed by atoms with Crippen LogP contribution in [0.3, 0.4) is 0 Å². The molecule has 0 aromatic heterocycles. The highest BCUT2D eigenvalue weighted by molar-refractivity contribution is 6.06. The summed E-state index contributed by atoms with van der Waals surface area (Å²) in [5.74, 6) is 1.69. The Bertz CT molecular complexity index is 1330. The fourth-order valence-electron chi connectivity index (χ4n) is 6.41. The highest BCUT2D eigenvalue weighted by Crippen LogP contribution is 2.65. The van der Waals surface area contributed by atoms with Crippen LogP contribution < -0.4 is 4.74 Å². The van der Waals surface area contributed by atoms with Crippen molar-refractivity contribution in [2.24, 2.45) is 40.6 Å². The number of carbonyl (C=O) groups excluding carboxylic acids is 2. The maximum Gasteiger partial charge on any atom is 0.254 e. The lowest BCUT2D eigenvalue weighted by atomic mass is 9.63. The predicted octanol–water partition coefficient (Wildman–Crippen LogP) is 4.81. The fraction of sp³-hybridized carbons (Fsp3) is 0.276. The van der Waals surface area contributed by atoms with E-state index in [0.29, 0.717) is 18.4 Å². The summed E-state index contributed by atoms with van der Waals surface area (Å²) < 4.78 is 6.01. The minimum absolute atomic E-state index is 0.133. The first kappa shape index (κ1) is 19.7. The number of nitrogens with zero attached hydrogens (tertiary/aromatic N) is 2. The van der Waals surface area contributed by atoms with Gasteiger partial charge in [-0.1, -0.05) is 54.6 Å². The Morgan fingerprint density at radius 3 is 2.26 bits per heavy atom. The first-order chi connectivity index (χ1) is 16.7. The third-order valence-electron chi connectivity index (χ3n) is 8.12. The molecule has 1 heterocycles. The van der Waals surface area contributed by atoms with Gasteiger partial charge in [-0.25, -0.2) is 0 Å². The van der Waals surface area contributed by atoms with E-state index in [1.165, 1.54) is 10.8 Å². The largest absolute Gasteiger partial charge is 0.489 e. The highest BCUT2D eigenvalue weighted by atomic mass is 16.5. The van der Waals surface area contributed by atoms with Crippen LogP contribution in [0.1, 0.15) is 17.5 Å². The second kappa shape index (κ2) is 7.39. The zero-order chi connectivity index (χ0) is 22.8. The molecular formula is C29H24N2O3. The van der Waals surface area contributed by atoms with E-state index in [1.807, 2.05) is 42.5 Å². The highest BCUT2D eigenvalue weighted by Gasteiger charge is 2.67. The molecule has 0 radical (unpaired) electrons. The van der Waals surface area contributed by atoms with E-state index in [2.05, 4.69) is 41.5 Å². The Morgan fingerprint density at radius 1 is 0.853 bits per heavy atom. The second-order valence-electron chi connectivity index (χ2n) is 9.88. The SMILES string of the molecule is O=C1[C@@H]2[C@H]3C=C[C@@H]([C@@H]4C[C@@H]34)[C@H]2C(=O)N1/N=C\c1ccc(OCc2cccc3ccccc23)cc1. The summed E-state index contributed by atoms with van der Waals surface area (Å²) in [6.07, 6.45) is 7.11. The van der Waals surface area contributed by atoms with Crippen LogP contribution in [-0.4, -0.2) is 23.0 Å². The number of imide groups is 1. The fourth-order valence-corrected chi connectivity index (χ4v) is 6.41. The molecule has 5 nitrogen and oxygen atoms in total. The van der Waals surface area contributed by atoms with E-state index >= 15 is 0 Å². The van der Waals surface area contributed by atoms with Crippen LogP contribution in [0, 0.1) is 35.5 Å². The quantitative estimate of drug-likeness (QED) is 0.320. The summed E-state index contributed by atoms with van der Waals surface area (Å²) >= 11 is 0. The summed E-state index contributed by atoms with van der Waals surface area (Å²) in [5.41, 5.74) is 1.95. The molecule has 8 rings (SSSR count). The monoisotopic (exact) mass is 448 g/mol. The summed E-state index contributed by atoms with van der Waals surface area (Å²) in [6, 6.07) is 22.1. The Kier molecular flexibility index (Phi) is 4.28. The van der Waals surface area contributed by atoms with Crippen molar-refractivity contribution in [1.29, 1.82) is 0 Å². The molecule has 4 aliphatic carbocycles. The van der Waals surface area contributed by atoms with Gasteiger partial charge in [-0.05, 0) is 76.3 Å². The van der Waals surface area contributed by atoms with Crippen LogP contribution in [0.5, 0.6) is 5.75 Å². The van der Waals surface area contributed by atoms with E-state index in [1.54, 1.807) is 6.21 Å². The zero-order valence-corrected chi connectivity index (χ0v) is 18.6. The summed E-state index contributed by atoms with van der Waals surface area (Å²) in [5, 5.41) is 7.82. The number of allylic oxidation sites excluding steroid dienone is 2. The van der Waals surface area contributed by atoms with Gasteiger partial charge in [0.1, 0.15) is 12.4 Å². The molecule has 2 amide bonds. The molecule has 2 saturated carbocycles. The van der Waals surface area contributed by atoms with E-state index in [4.69, 9.17) is 4.74 Å². The van der Waals surface area contributed by atoms with Crippen molar-refractivity contribution in [2.45, 2.75) is 13.0 Å². The molecule has 6 atom stereocenters. The van der Waals surface area contributed by atoms with Crippen LogP contribution in [0.25, 0.3) is 10.8 Å². The predicted molar refractivity (Wildman–Crippen MR) is 129 cm³/mol. The maximum atomic E-state index is 13.0. The van der Waals surface area contributed by atoms with E-state index in [-0.39, 0.29) is 35.5 Å². The van der Waals surface area contributed by atoms with Gasteiger partial charge in [-0.2, -0.15) is 10.1 Å². The maximum absolute atomic E-state index is 13.0. The van der Waals surface area contributed by atoms with Gasteiger partial charge in [0.2, 0.25) is 0 Å².